The maximum atomic E-state index is 6.01. The fourth-order valence-corrected chi connectivity index (χ4v) is 1.16. The second kappa shape index (κ2) is 4.75. The molecule has 1 heterocycles. The van der Waals surface area contributed by atoms with Gasteiger partial charge in [-0.2, -0.15) is 4.98 Å². The summed E-state index contributed by atoms with van der Waals surface area (Å²) in [6.45, 7) is 8.28. The first-order valence-corrected chi connectivity index (χ1v) is 5.57. The minimum atomic E-state index is -0.497. The van der Waals surface area contributed by atoms with Gasteiger partial charge in [0.15, 0.2) is 5.82 Å². The molecule has 1 aromatic heterocycles. The predicted molar refractivity (Wildman–Crippen MR) is 59.3 cm³/mol. The van der Waals surface area contributed by atoms with E-state index in [0.717, 1.165) is 25.1 Å². The SMILES string of the molecule is CCC(C)(N)c1nc(CCC(C)C)no1. The number of hydrogen-bond acceptors (Lipinski definition) is 4. The first-order valence-electron chi connectivity index (χ1n) is 5.57. The van der Waals surface area contributed by atoms with E-state index in [4.69, 9.17) is 10.3 Å². The zero-order chi connectivity index (χ0) is 11.5. The molecule has 0 aliphatic rings. The van der Waals surface area contributed by atoms with Crippen LogP contribution >= 0.6 is 0 Å². The molecule has 86 valence electrons. The van der Waals surface area contributed by atoms with E-state index in [-0.39, 0.29) is 0 Å². The van der Waals surface area contributed by atoms with Crippen LogP contribution in [0.3, 0.4) is 0 Å². The van der Waals surface area contributed by atoms with E-state index in [2.05, 4.69) is 24.0 Å². The van der Waals surface area contributed by atoms with Crippen molar-refractivity contribution in [2.24, 2.45) is 11.7 Å². The monoisotopic (exact) mass is 211 g/mol. The molecule has 0 aliphatic heterocycles. The summed E-state index contributed by atoms with van der Waals surface area (Å²) in [4.78, 5) is 4.32. The molecule has 0 radical (unpaired) electrons. The van der Waals surface area contributed by atoms with Crippen molar-refractivity contribution in [1.29, 1.82) is 0 Å². The molecule has 0 fully saturated rings. The molecule has 0 saturated carbocycles. The Hall–Kier alpha value is -0.900. The summed E-state index contributed by atoms with van der Waals surface area (Å²) >= 11 is 0. The van der Waals surface area contributed by atoms with Gasteiger partial charge in [-0.1, -0.05) is 25.9 Å². The van der Waals surface area contributed by atoms with Crippen LogP contribution < -0.4 is 5.73 Å². The minimum Gasteiger partial charge on any atom is -0.337 e. The molecule has 0 bridgehead atoms. The highest BCUT2D eigenvalue weighted by Gasteiger charge is 2.25. The van der Waals surface area contributed by atoms with E-state index >= 15 is 0 Å². The van der Waals surface area contributed by atoms with E-state index in [1.807, 2.05) is 13.8 Å². The molecule has 1 atom stereocenters. The van der Waals surface area contributed by atoms with Crippen LogP contribution in [0.25, 0.3) is 0 Å². The van der Waals surface area contributed by atoms with Crippen LogP contribution in [-0.4, -0.2) is 10.1 Å². The molecule has 1 rings (SSSR count). The molecule has 15 heavy (non-hydrogen) atoms. The molecule has 4 heteroatoms. The molecule has 1 aromatic rings. The Morgan fingerprint density at radius 1 is 1.47 bits per heavy atom. The summed E-state index contributed by atoms with van der Waals surface area (Å²) in [5.41, 5.74) is 5.51. The summed E-state index contributed by atoms with van der Waals surface area (Å²) in [7, 11) is 0. The van der Waals surface area contributed by atoms with Gasteiger partial charge in [-0.25, -0.2) is 0 Å². The second-order valence-corrected chi connectivity index (χ2v) is 4.72. The van der Waals surface area contributed by atoms with Gasteiger partial charge in [-0.05, 0) is 25.7 Å². The van der Waals surface area contributed by atoms with E-state index in [9.17, 15) is 0 Å². The molecule has 0 amide bonds. The van der Waals surface area contributed by atoms with Crippen LogP contribution in [0.15, 0.2) is 4.52 Å². The highest BCUT2D eigenvalue weighted by atomic mass is 16.5. The van der Waals surface area contributed by atoms with Crippen LogP contribution in [0.2, 0.25) is 0 Å². The van der Waals surface area contributed by atoms with Crippen molar-refractivity contribution >= 4 is 0 Å². The van der Waals surface area contributed by atoms with Gasteiger partial charge in [-0.3, -0.25) is 0 Å². The van der Waals surface area contributed by atoms with Crippen molar-refractivity contribution in [2.45, 2.75) is 52.5 Å². The van der Waals surface area contributed by atoms with Crippen molar-refractivity contribution < 1.29 is 4.52 Å². The second-order valence-electron chi connectivity index (χ2n) is 4.72. The molecule has 0 aromatic carbocycles. The Balaban J connectivity index is 2.64. The minimum absolute atomic E-state index is 0.497. The maximum Gasteiger partial charge on any atom is 0.246 e. The smallest absolute Gasteiger partial charge is 0.246 e. The number of rotatable bonds is 5. The Morgan fingerprint density at radius 3 is 2.67 bits per heavy atom. The van der Waals surface area contributed by atoms with Gasteiger partial charge in [-0.15, -0.1) is 0 Å². The lowest BCUT2D eigenvalue weighted by Gasteiger charge is -2.16. The first-order chi connectivity index (χ1) is 6.95. The van der Waals surface area contributed by atoms with Crippen molar-refractivity contribution in [3.8, 4) is 0 Å². The number of nitrogens with zero attached hydrogens (tertiary/aromatic N) is 2. The van der Waals surface area contributed by atoms with Crippen LogP contribution in [0.5, 0.6) is 0 Å². The lowest BCUT2D eigenvalue weighted by molar-refractivity contribution is 0.289. The summed E-state index contributed by atoms with van der Waals surface area (Å²) in [5, 5.41) is 3.94. The van der Waals surface area contributed by atoms with Gasteiger partial charge < -0.3 is 10.3 Å². The Bertz CT molecular complexity index is 305. The standard InChI is InChI=1S/C11H21N3O/c1-5-11(4,12)10-13-9(14-15-10)7-6-8(2)3/h8H,5-7,12H2,1-4H3. The summed E-state index contributed by atoms with van der Waals surface area (Å²) in [6, 6.07) is 0. The highest BCUT2D eigenvalue weighted by molar-refractivity contribution is 4.99. The van der Waals surface area contributed by atoms with Gasteiger partial charge in [0, 0.05) is 6.42 Å². The van der Waals surface area contributed by atoms with Gasteiger partial charge in [0.05, 0.1) is 5.54 Å². The number of aryl methyl sites for hydroxylation is 1. The van der Waals surface area contributed by atoms with Gasteiger partial charge in [0.1, 0.15) is 0 Å². The third-order valence-corrected chi connectivity index (χ3v) is 2.64. The number of hydrogen-bond donors (Lipinski definition) is 1. The fourth-order valence-electron chi connectivity index (χ4n) is 1.16. The van der Waals surface area contributed by atoms with E-state index in [1.54, 1.807) is 0 Å². The zero-order valence-electron chi connectivity index (χ0n) is 10.1. The van der Waals surface area contributed by atoms with Crippen molar-refractivity contribution in [2.75, 3.05) is 0 Å². The zero-order valence-corrected chi connectivity index (χ0v) is 10.1. The molecule has 0 spiro atoms. The van der Waals surface area contributed by atoms with E-state index < -0.39 is 5.54 Å². The van der Waals surface area contributed by atoms with Gasteiger partial charge >= 0.3 is 0 Å². The van der Waals surface area contributed by atoms with Crippen molar-refractivity contribution in [3.63, 3.8) is 0 Å². The van der Waals surface area contributed by atoms with Crippen LogP contribution in [0.1, 0.15) is 52.3 Å². The van der Waals surface area contributed by atoms with E-state index in [0.29, 0.717) is 11.8 Å². The molecular formula is C11H21N3O. The van der Waals surface area contributed by atoms with Crippen LogP contribution in [-0.2, 0) is 12.0 Å². The Labute approximate surface area is 91.2 Å². The van der Waals surface area contributed by atoms with Crippen LogP contribution in [0, 0.1) is 5.92 Å². The Kier molecular flexibility index (Phi) is 3.85. The van der Waals surface area contributed by atoms with Crippen molar-refractivity contribution in [3.05, 3.63) is 11.7 Å². The normalized spacial score (nSPS) is 15.6. The summed E-state index contributed by atoms with van der Waals surface area (Å²) in [5.74, 6) is 1.97. The largest absolute Gasteiger partial charge is 0.337 e. The number of nitrogens with two attached hydrogens (primary N) is 1. The Morgan fingerprint density at radius 2 is 2.13 bits per heavy atom. The summed E-state index contributed by atoms with van der Waals surface area (Å²) in [6.07, 6.45) is 2.73. The maximum absolute atomic E-state index is 6.01. The average Bonchev–Trinajstić information content (AvgIpc) is 2.63. The molecule has 0 saturated heterocycles. The van der Waals surface area contributed by atoms with Gasteiger partial charge in [0.25, 0.3) is 0 Å². The topological polar surface area (TPSA) is 64.9 Å². The molecule has 4 nitrogen and oxygen atoms in total. The molecule has 0 aliphatic carbocycles. The highest BCUT2D eigenvalue weighted by Crippen LogP contribution is 2.19. The first kappa shape index (κ1) is 12.2. The van der Waals surface area contributed by atoms with Crippen molar-refractivity contribution in [1.82, 2.24) is 10.1 Å². The van der Waals surface area contributed by atoms with E-state index in [1.165, 1.54) is 0 Å². The predicted octanol–water partition coefficient (Wildman–Crippen LogP) is 2.24. The number of aromatic nitrogens is 2. The lowest BCUT2D eigenvalue weighted by atomic mass is 10.0. The molecule has 2 N–H and O–H groups in total. The average molecular weight is 211 g/mol. The lowest BCUT2D eigenvalue weighted by Crippen LogP contribution is -2.32. The fraction of sp³-hybridized carbons (Fsp3) is 0.818. The third kappa shape index (κ3) is 3.30. The molecule has 1 unspecified atom stereocenters. The third-order valence-electron chi connectivity index (χ3n) is 2.64. The quantitative estimate of drug-likeness (QED) is 0.811. The summed E-state index contributed by atoms with van der Waals surface area (Å²) < 4.78 is 5.17. The van der Waals surface area contributed by atoms with Crippen LogP contribution in [0.4, 0.5) is 0 Å². The van der Waals surface area contributed by atoms with Gasteiger partial charge in [0.2, 0.25) is 5.89 Å². The molecular weight excluding hydrogens is 190 g/mol.